The minimum absolute atomic E-state index is 0.0232. The van der Waals surface area contributed by atoms with Gasteiger partial charge in [0.05, 0.1) is 5.92 Å². The van der Waals surface area contributed by atoms with Crippen LogP contribution in [-0.4, -0.2) is 37.7 Å². The van der Waals surface area contributed by atoms with Crippen molar-refractivity contribution < 1.29 is 9.53 Å². The van der Waals surface area contributed by atoms with Gasteiger partial charge in [-0.05, 0) is 27.2 Å². The van der Waals surface area contributed by atoms with Gasteiger partial charge >= 0.3 is 5.97 Å². The Balaban J connectivity index is 1.91. The van der Waals surface area contributed by atoms with E-state index in [2.05, 4.69) is 10.6 Å². The number of rotatable bonds is 1. The summed E-state index contributed by atoms with van der Waals surface area (Å²) in [7, 11) is 0. The number of esters is 1. The molecule has 1 atom stereocenters. The lowest BCUT2D eigenvalue weighted by Crippen LogP contribution is -2.63. The zero-order valence-electron chi connectivity index (χ0n) is 10.4. The highest BCUT2D eigenvalue weighted by Gasteiger charge is 2.44. The molecule has 0 saturated carbocycles. The summed E-state index contributed by atoms with van der Waals surface area (Å²) in [5.74, 6) is -0.0268. The second kappa shape index (κ2) is 4.00. The van der Waals surface area contributed by atoms with E-state index >= 15 is 0 Å². The Hall–Kier alpha value is -0.610. The maximum Gasteiger partial charge on any atom is 0.310 e. The van der Waals surface area contributed by atoms with Crippen molar-refractivity contribution in [3.63, 3.8) is 0 Å². The Labute approximate surface area is 97.1 Å². The van der Waals surface area contributed by atoms with E-state index in [1.807, 2.05) is 20.8 Å². The average Bonchev–Trinajstić information content (AvgIpc) is 2.13. The Morgan fingerprint density at radius 2 is 1.88 bits per heavy atom. The van der Waals surface area contributed by atoms with Crippen LogP contribution < -0.4 is 10.6 Å². The standard InChI is InChI=1S/C12H22N2O2/c1-11(2,3)16-10(15)9-4-12(6-13-5-9)7-14-8-12/h9,13-14H,4-8H2,1-3H3. The van der Waals surface area contributed by atoms with Crippen molar-refractivity contribution in [3.05, 3.63) is 0 Å². The van der Waals surface area contributed by atoms with Gasteiger partial charge in [-0.3, -0.25) is 4.79 Å². The van der Waals surface area contributed by atoms with Gasteiger partial charge in [-0.15, -0.1) is 0 Å². The van der Waals surface area contributed by atoms with Gasteiger partial charge in [0.15, 0.2) is 0 Å². The molecule has 1 unspecified atom stereocenters. The van der Waals surface area contributed by atoms with Gasteiger partial charge in [-0.25, -0.2) is 0 Å². The van der Waals surface area contributed by atoms with Crippen molar-refractivity contribution in [2.45, 2.75) is 32.8 Å². The van der Waals surface area contributed by atoms with E-state index < -0.39 is 0 Å². The summed E-state index contributed by atoms with van der Waals surface area (Å²) in [6.07, 6.45) is 0.960. The van der Waals surface area contributed by atoms with Crippen molar-refractivity contribution in [2.24, 2.45) is 11.3 Å². The fourth-order valence-electron chi connectivity index (χ4n) is 2.48. The summed E-state index contributed by atoms with van der Waals surface area (Å²) < 4.78 is 5.44. The topological polar surface area (TPSA) is 50.4 Å². The molecule has 2 aliphatic heterocycles. The Morgan fingerprint density at radius 3 is 2.38 bits per heavy atom. The lowest BCUT2D eigenvalue weighted by molar-refractivity contribution is -0.162. The molecule has 0 radical (unpaired) electrons. The second-order valence-corrected chi connectivity index (χ2v) is 6.17. The quantitative estimate of drug-likeness (QED) is 0.640. The predicted octanol–water partition coefficient (Wildman–Crippen LogP) is 0.527. The first kappa shape index (κ1) is 11.9. The Morgan fingerprint density at radius 1 is 1.25 bits per heavy atom. The number of nitrogens with one attached hydrogen (secondary N) is 2. The van der Waals surface area contributed by atoms with Gasteiger partial charge < -0.3 is 15.4 Å². The van der Waals surface area contributed by atoms with E-state index in [1.165, 1.54) is 0 Å². The van der Waals surface area contributed by atoms with Crippen LogP contribution in [-0.2, 0) is 9.53 Å². The maximum absolute atomic E-state index is 12.0. The summed E-state index contributed by atoms with van der Waals surface area (Å²) >= 11 is 0. The molecule has 2 saturated heterocycles. The Kier molecular flexibility index (Phi) is 2.97. The van der Waals surface area contributed by atoms with Crippen molar-refractivity contribution in [3.8, 4) is 0 Å². The second-order valence-electron chi connectivity index (χ2n) is 6.17. The molecule has 0 amide bonds. The molecule has 1 spiro atoms. The molecule has 0 aromatic heterocycles. The molecule has 4 heteroatoms. The van der Waals surface area contributed by atoms with Crippen molar-refractivity contribution in [2.75, 3.05) is 26.2 Å². The molecule has 0 aromatic rings. The molecule has 4 nitrogen and oxygen atoms in total. The van der Waals surface area contributed by atoms with Crippen LogP contribution in [0.3, 0.4) is 0 Å². The molecular weight excluding hydrogens is 204 g/mol. The lowest BCUT2D eigenvalue weighted by Gasteiger charge is -2.47. The molecule has 92 valence electrons. The normalized spacial score (nSPS) is 28.6. The van der Waals surface area contributed by atoms with Crippen LogP contribution in [0.4, 0.5) is 0 Å². The molecule has 0 aliphatic carbocycles. The smallest absolute Gasteiger partial charge is 0.310 e. The van der Waals surface area contributed by atoms with E-state index in [9.17, 15) is 4.79 Å². The number of carbonyl (C=O) groups is 1. The van der Waals surface area contributed by atoms with Crippen LogP contribution in [0.5, 0.6) is 0 Å². The molecule has 2 N–H and O–H groups in total. The first-order chi connectivity index (χ1) is 7.40. The van der Waals surface area contributed by atoms with Gasteiger partial charge in [0, 0.05) is 31.6 Å². The lowest BCUT2D eigenvalue weighted by atomic mass is 9.72. The number of piperidine rings is 1. The molecule has 2 rings (SSSR count). The SMILES string of the molecule is CC(C)(C)OC(=O)C1CNCC2(CNC2)C1. The molecule has 2 aliphatic rings. The largest absolute Gasteiger partial charge is 0.460 e. The third kappa shape index (κ3) is 2.55. The van der Waals surface area contributed by atoms with Gasteiger partial charge in [-0.2, -0.15) is 0 Å². The monoisotopic (exact) mass is 226 g/mol. The summed E-state index contributed by atoms with van der Waals surface area (Å²) in [5, 5.41) is 6.64. The van der Waals surface area contributed by atoms with Gasteiger partial charge in [0.1, 0.15) is 5.60 Å². The summed E-state index contributed by atoms with van der Waals surface area (Å²) in [6, 6.07) is 0. The summed E-state index contributed by atoms with van der Waals surface area (Å²) in [4.78, 5) is 12.0. The zero-order valence-corrected chi connectivity index (χ0v) is 10.4. The van der Waals surface area contributed by atoms with Crippen LogP contribution in [0.2, 0.25) is 0 Å². The van der Waals surface area contributed by atoms with E-state index in [-0.39, 0.29) is 17.5 Å². The van der Waals surface area contributed by atoms with Crippen molar-refractivity contribution in [1.82, 2.24) is 10.6 Å². The number of ether oxygens (including phenoxy) is 1. The average molecular weight is 226 g/mol. The first-order valence-electron chi connectivity index (χ1n) is 6.05. The van der Waals surface area contributed by atoms with Gasteiger partial charge in [0.25, 0.3) is 0 Å². The van der Waals surface area contributed by atoms with E-state index in [4.69, 9.17) is 4.74 Å². The number of hydrogen-bond acceptors (Lipinski definition) is 4. The zero-order chi connectivity index (χ0) is 11.8. The molecular formula is C12H22N2O2. The highest BCUT2D eigenvalue weighted by Crippen LogP contribution is 2.33. The van der Waals surface area contributed by atoms with Crippen LogP contribution in [0.25, 0.3) is 0 Å². The van der Waals surface area contributed by atoms with Crippen LogP contribution in [0, 0.1) is 11.3 Å². The molecule has 0 bridgehead atoms. The third-order valence-electron chi connectivity index (χ3n) is 3.31. The molecule has 2 fully saturated rings. The van der Waals surface area contributed by atoms with E-state index in [0.29, 0.717) is 5.41 Å². The van der Waals surface area contributed by atoms with Gasteiger partial charge in [0.2, 0.25) is 0 Å². The summed E-state index contributed by atoms with van der Waals surface area (Å²) in [6.45, 7) is 9.60. The molecule has 2 heterocycles. The highest BCUT2D eigenvalue weighted by molar-refractivity contribution is 5.73. The van der Waals surface area contributed by atoms with E-state index in [1.54, 1.807) is 0 Å². The van der Waals surface area contributed by atoms with Crippen molar-refractivity contribution >= 4 is 5.97 Å². The predicted molar refractivity (Wildman–Crippen MR) is 62.1 cm³/mol. The fraction of sp³-hybridized carbons (Fsp3) is 0.917. The van der Waals surface area contributed by atoms with Crippen molar-refractivity contribution in [1.29, 1.82) is 0 Å². The fourth-order valence-corrected chi connectivity index (χ4v) is 2.48. The minimum atomic E-state index is -0.375. The molecule has 0 aromatic carbocycles. The Bertz CT molecular complexity index is 279. The van der Waals surface area contributed by atoms with E-state index in [0.717, 1.165) is 32.6 Å². The summed E-state index contributed by atoms with van der Waals surface area (Å²) in [5.41, 5.74) is -0.0701. The highest BCUT2D eigenvalue weighted by atomic mass is 16.6. The van der Waals surface area contributed by atoms with Crippen LogP contribution >= 0.6 is 0 Å². The van der Waals surface area contributed by atoms with Crippen LogP contribution in [0.1, 0.15) is 27.2 Å². The number of carbonyl (C=O) groups excluding carboxylic acids is 1. The van der Waals surface area contributed by atoms with Crippen LogP contribution in [0.15, 0.2) is 0 Å². The first-order valence-corrected chi connectivity index (χ1v) is 6.05. The van der Waals surface area contributed by atoms with Gasteiger partial charge in [-0.1, -0.05) is 0 Å². The minimum Gasteiger partial charge on any atom is -0.460 e. The molecule has 16 heavy (non-hydrogen) atoms. The number of hydrogen-bond donors (Lipinski definition) is 2. The third-order valence-corrected chi connectivity index (χ3v) is 3.31. The maximum atomic E-state index is 12.0.